The van der Waals surface area contributed by atoms with Crippen molar-refractivity contribution in [2.45, 2.75) is 27.3 Å². The fourth-order valence-corrected chi connectivity index (χ4v) is 3.02. The third-order valence-corrected chi connectivity index (χ3v) is 4.85. The zero-order valence-electron chi connectivity index (χ0n) is 17.0. The van der Waals surface area contributed by atoms with E-state index in [0.717, 1.165) is 11.6 Å². The fraction of sp³-hybridized carbons (Fsp3) is 0.227. The molecule has 8 heteroatoms. The lowest BCUT2D eigenvalue weighted by molar-refractivity contribution is 0.0784. The van der Waals surface area contributed by atoms with Crippen LogP contribution in [0.25, 0.3) is 0 Å². The second-order valence-corrected chi connectivity index (χ2v) is 7.05. The van der Waals surface area contributed by atoms with Crippen molar-refractivity contribution in [1.29, 1.82) is 0 Å². The molecule has 3 aromatic rings. The lowest BCUT2D eigenvalue weighted by Crippen LogP contribution is -2.27. The van der Waals surface area contributed by atoms with Gasteiger partial charge >= 0.3 is 0 Å². The second kappa shape index (κ2) is 8.44. The van der Waals surface area contributed by atoms with E-state index in [1.54, 1.807) is 40.0 Å². The summed E-state index contributed by atoms with van der Waals surface area (Å²) in [4.78, 5) is 26.8. The standard InChI is InChI=1S/C22H21F2N3O3/c1-12-8-9-15(22(29)27(4)11-17-13(2)26-30-14(17)3)10-19(12)25-21(28)16-6-5-7-18(23)20(16)24/h5-10H,11H2,1-4H3,(H,25,28). The van der Waals surface area contributed by atoms with Gasteiger partial charge in [0.2, 0.25) is 0 Å². The number of nitrogens with one attached hydrogen (secondary N) is 1. The highest BCUT2D eigenvalue weighted by atomic mass is 19.2. The van der Waals surface area contributed by atoms with Gasteiger partial charge in [0.05, 0.1) is 17.8 Å². The molecule has 2 aromatic carbocycles. The van der Waals surface area contributed by atoms with Gasteiger partial charge in [-0.1, -0.05) is 17.3 Å². The number of anilines is 1. The maximum absolute atomic E-state index is 13.9. The fourth-order valence-electron chi connectivity index (χ4n) is 3.02. The Morgan fingerprint density at radius 2 is 1.87 bits per heavy atom. The Bertz CT molecular complexity index is 1110. The van der Waals surface area contributed by atoms with E-state index in [1.807, 2.05) is 0 Å². The van der Waals surface area contributed by atoms with Crippen LogP contribution in [-0.4, -0.2) is 28.9 Å². The SMILES string of the molecule is Cc1ccc(C(=O)N(C)Cc2c(C)noc2C)cc1NC(=O)c1cccc(F)c1F. The van der Waals surface area contributed by atoms with Gasteiger partial charge in [0.1, 0.15) is 5.76 Å². The molecule has 0 radical (unpaired) electrons. The average molecular weight is 413 g/mol. The first-order valence-corrected chi connectivity index (χ1v) is 9.22. The van der Waals surface area contributed by atoms with Gasteiger partial charge in [0.25, 0.3) is 11.8 Å². The van der Waals surface area contributed by atoms with Gasteiger partial charge in [-0.15, -0.1) is 0 Å². The lowest BCUT2D eigenvalue weighted by atomic mass is 10.1. The van der Waals surface area contributed by atoms with Crippen LogP contribution in [0.2, 0.25) is 0 Å². The Kier molecular flexibility index (Phi) is 5.96. The Morgan fingerprint density at radius 3 is 2.53 bits per heavy atom. The number of benzene rings is 2. The molecule has 156 valence electrons. The van der Waals surface area contributed by atoms with E-state index in [0.29, 0.717) is 34.8 Å². The molecule has 0 atom stereocenters. The van der Waals surface area contributed by atoms with Crippen LogP contribution >= 0.6 is 0 Å². The van der Waals surface area contributed by atoms with Crippen LogP contribution in [0.3, 0.4) is 0 Å². The normalized spacial score (nSPS) is 10.7. The van der Waals surface area contributed by atoms with Crippen molar-refractivity contribution < 1.29 is 22.9 Å². The molecule has 2 amide bonds. The Morgan fingerprint density at radius 1 is 1.13 bits per heavy atom. The van der Waals surface area contributed by atoms with Crippen LogP contribution in [0, 0.1) is 32.4 Å². The van der Waals surface area contributed by atoms with Gasteiger partial charge < -0.3 is 14.7 Å². The van der Waals surface area contributed by atoms with Crippen LogP contribution in [0.4, 0.5) is 14.5 Å². The number of carbonyl (C=O) groups is 2. The van der Waals surface area contributed by atoms with Gasteiger partial charge in [0, 0.05) is 23.9 Å². The number of aryl methyl sites for hydroxylation is 3. The molecule has 1 aromatic heterocycles. The molecule has 30 heavy (non-hydrogen) atoms. The molecule has 1 N–H and O–H groups in total. The van der Waals surface area contributed by atoms with Crippen LogP contribution in [0.5, 0.6) is 0 Å². The molecule has 0 unspecified atom stereocenters. The minimum absolute atomic E-state index is 0.276. The van der Waals surface area contributed by atoms with Crippen LogP contribution < -0.4 is 5.32 Å². The maximum Gasteiger partial charge on any atom is 0.258 e. The van der Waals surface area contributed by atoms with Crippen LogP contribution in [0.15, 0.2) is 40.9 Å². The highest BCUT2D eigenvalue weighted by molar-refractivity contribution is 6.05. The van der Waals surface area contributed by atoms with Gasteiger partial charge in [-0.25, -0.2) is 8.78 Å². The Labute approximate surface area is 172 Å². The molecule has 1 heterocycles. The van der Waals surface area contributed by atoms with E-state index < -0.39 is 23.1 Å². The average Bonchev–Trinajstić information content (AvgIpc) is 3.03. The number of amides is 2. The smallest absolute Gasteiger partial charge is 0.258 e. The summed E-state index contributed by atoms with van der Waals surface area (Å²) >= 11 is 0. The molecule has 6 nitrogen and oxygen atoms in total. The summed E-state index contributed by atoms with van der Waals surface area (Å²) in [5.74, 6) is -2.77. The number of aromatic nitrogens is 1. The zero-order valence-corrected chi connectivity index (χ0v) is 17.0. The summed E-state index contributed by atoms with van der Waals surface area (Å²) in [5.41, 5.74) is 2.46. The summed E-state index contributed by atoms with van der Waals surface area (Å²) in [7, 11) is 1.65. The Balaban J connectivity index is 1.81. The number of hydrogen-bond donors (Lipinski definition) is 1. The van der Waals surface area contributed by atoms with E-state index in [2.05, 4.69) is 10.5 Å². The molecule has 0 aliphatic rings. The Hall–Kier alpha value is -3.55. The van der Waals surface area contributed by atoms with Crippen molar-refractivity contribution in [3.63, 3.8) is 0 Å². The highest BCUT2D eigenvalue weighted by Gasteiger charge is 2.19. The molecule has 0 bridgehead atoms. The first-order valence-electron chi connectivity index (χ1n) is 9.22. The molecule has 0 saturated carbocycles. The summed E-state index contributed by atoms with van der Waals surface area (Å²) in [6.07, 6.45) is 0. The van der Waals surface area contributed by atoms with Crippen molar-refractivity contribution in [1.82, 2.24) is 10.1 Å². The van der Waals surface area contributed by atoms with Crippen molar-refractivity contribution in [3.8, 4) is 0 Å². The maximum atomic E-state index is 13.9. The first-order chi connectivity index (χ1) is 14.2. The van der Waals surface area contributed by atoms with Gasteiger partial charge in [-0.2, -0.15) is 0 Å². The molecule has 0 aliphatic heterocycles. The molecule has 3 rings (SSSR count). The van der Waals surface area contributed by atoms with Crippen molar-refractivity contribution in [2.75, 3.05) is 12.4 Å². The number of halogens is 2. The monoisotopic (exact) mass is 413 g/mol. The number of hydrogen-bond acceptors (Lipinski definition) is 4. The van der Waals surface area contributed by atoms with Gasteiger partial charge in [0.15, 0.2) is 11.6 Å². The minimum atomic E-state index is -1.22. The first kappa shape index (κ1) is 21.2. The quantitative estimate of drug-likeness (QED) is 0.673. The topological polar surface area (TPSA) is 75.4 Å². The lowest BCUT2D eigenvalue weighted by Gasteiger charge is -2.18. The van der Waals surface area contributed by atoms with E-state index in [9.17, 15) is 18.4 Å². The largest absolute Gasteiger partial charge is 0.361 e. The highest BCUT2D eigenvalue weighted by Crippen LogP contribution is 2.21. The molecular weight excluding hydrogens is 392 g/mol. The molecule has 0 spiro atoms. The van der Waals surface area contributed by atoms with E-state index >= 15 is 0 Å². The van der Waals surface area contributed by atoms with Crippen molar-refractivity contribution in [3.05, 3.63) is 81.7 Å². The van der Waals surface area contributed by atoms with Crippen LogP contribution in [-0.2, 0) is 6.54 Å². The summed E-state index contributed by atoms with van der Waals surface area (Å²) in [6, 6.07) is 8.20. The summed E-state index contributed by atoms with van der Waals surface area (Å²) < 4.78 is 32.4. The number of rotatable bonds is 5. The third kappa shape index (κ3) is 4.22. The zero-order chi connectivity index (χ0) is 22.0. The predicted octanol–water partition coefficient (Wildman–Crippen LogP) is 4.40. The predicted molar refractivity (Wildman–Crippen MR) is 107 cm³/mol. The second-order valence-electron chi connectivity index (χ2n) is 7.05. The van der Waals surface area contributed by atoms with Gasteiger partial charge in [-0.05, 0) is 50.6 Å². The number of carbonyl (C=O) groups excluding carboxylic acids is 2. The van der Waals surface area contributed by atoms with Crippen molar-refractivity contribution >= 4 is 17.5 Å². The summed E-state index contributed by atoms with van der Waals surface area (Å²) in [5, 5.41) is 6.44. The molecule has 0 aliphatic carbocycles. The molecule has 0 fully saturated rings. The third-order valence-electron chi connectivity index (χ3n) is 4.85. The van der Waals surface area contributed by atoms with E-state index in [1.165, 1.54) is 23.1 Å². The van der Waals surface area contributed by atoms with E-state index in [-0.39, 0.29) is 5.91 Å². The minimum Gasteiger partial charge on any atom is -0.361 e. The van der Waals surface area contributed by atoms with Crippen LogP contribution in [0.1, 0.15) is 43.3 Å². The molecule has 0 saturated heterocycles. The molecular formula is C22H21F2N3O3. The van der Waals surface area contributed by atoms with E-state index in [4.69, 9.17) is 4.52 Å². The van der Waals surface area contributed by atoms with Crippen molar-refractivity contribution in [2.24, 2.45) is 0 Å². The summed E-state index contributed by atoms with van der Waals surface area (Å²) in [6.45, 7) is 5.62. The number of nitrogens with zero attached hydrogens (tertiary/aromatic N) is 2. The van der Waals surface area contributed by atoms with Gasteiger partial charge in [-0.3, -0.25) is 9.59 Å².